The lowest BCUT2D eigenvalue weighted by atomic mass is 9.95. The zero-order chi connectivity index (χ0) is 37.7. The molecular formula is C52H32N4O. The van der Waals surface area contributed by atoms with Crippen molar-refractivity contribution in [3.05, 3.63) is 194 Å². The van der Waals surface area contributed by atoms with Gasteiger partial charge in [0.05, 0.1) is 0 Å². The number of rotatable bonds is 6. The molecule has 5 heteroatoms. The Labute approximate surface area is 328 Å². The van der Waals surface area contributed by atoms with Gasteiger partial charge in [0.15, 0.2) is 23.1 Å². The first kappa shape index (κ1) is 32.7. The number of benzene rings is 9. The molecule has 0 aliphatic heterocycles. The standard InChI is InChI=1S/C52H32N4O/c1-4-12-33(13-5-1)41-26-28-43-44-29-27-42(32-46(44)48-47(45(43)31-41)53-52(57-48)38-17-8-3-9-18-38)51-55-49(36-15-6-2-7-16-36)54-50(56-51)37-23-20-35(21-24-37)40-25-22-34-14-10-11-19-39(34)30-40/h1-32H. The van der Waals surface area contributed by atoms with E-state index in [1.165, 1.54) is 10.8 Å². The van der Waals surface area contributed by atoms with Gasteiger partial charge in [0.1, 0.15) is 5.52 Å². The van der Waals surface area contributed by atoms with Crippen molar-refractivity contribution in [3.8, 4) is 67.9 Å². The first-order valence-electron chi connectivity index (χ1n) is 19.0. The zero-order valence-electron chi connectivity index (χ0n) is 30.7. The fourth-order valence-electron chi connectivity index (χ4n) is 7.81. The molecule has 2 aromatic heterocycles. The van der Waals surface area contributed by atoms with E-state index in [-0.39, 0.29) is 0 Å². The van der Waals surface area contributed by atoms with Gasteiger partial charge in [-0.15, -0.1) is 0 Å². The Morgan fingerprint density at radius 2 is 0.737 bits per heavy atom. The third kappa shape index (κ3) is 5.90. The zero-order valence-corrected chi connectivity index (χ0v) is 30.7. The molecule has 0 atom stereocenters. The van der Waals surface area contributed by atoms with Crippen molar-refractivity contribution in [3.63, 3.8) is 0 Å². The average molecular weight is 729 g/mol. The molecule has 0 fully saturated rings. The summed E-state index contributed by atoms with van der Waals surface area (Å²) in [6.07, 6.45) is 0. The number of oxazole rings is 1. The summed E-state index contributed by atoms with van der Waals surface area (Å²) < 4.78 is 6.71. The summed E-state index contributed by atoms with van der Waals surface area (Å²) in [6.45, 7) is 0. The monoisotopic (exact) mass is 728 g/mol. The second-order valence-corrected chi connectivity index (χ2v) is 14.3. The first-order valence-corrected chi connectivity index (χ1v) is 19.0. The van der Waals surface area contributed by atoms with E-state index < -0.39 is 0 Å². The molecule has 2 heterocycles. The van der Waals surface area contributed by atoms with Gasteiger partial charge in [-0.3, -0.25) is 0 Å². The van der Waals surface area contributed by atoms with Crippen molar-refractivity contribution >= 4 is 43.4 Å². The summed E-state index contributed by atoms with van der Waals surface area (Å²) in [4.78, 5) is 20.4. The molecule has 0 saturated carbocycles. The Hall–Kier alpha value is -7.76. The van der Waals surface area contributed by atoms with Gasteiger partial charge < -0.3 is 4.42 Å². The van der Waals surface area contributed by atoms with Gasteiger partial charge in [0, 0.05) is 33.0 Å². The Morgan fingerprint density at radius 1 is 0.281 bits per heavy atom. The topological polar surface area (TPSA) is 64.7 Å². The van der Waals surface area contributed by atoms with Crippen LogP contribution >= 0.6 is 0 Å². The second-order valence-electron chi connectivity index (χ2n) is 14.3. The minimum Gasteiger partial charge on any atom is -0.435 e. The highest BCUT2D eigenvalue weighted by atomic mass is 16.3. The molecule has 0 aliphatic carbocycles. The van der Waals surface area contributed by atoms with Gasteiger partial charge in [-0.2, -0.15) is 0 Å². The highest BCUT2D eigenvalue weighted by molar-refractivity contribution is 6.24. The third-order valence-corrected chi connectivity index (χ3v) is 10.7. The van der Waals surface area contributed by atoms with E-state index in [1.807, 2.05) is 66.7 Å². The SMILES string of the molecule is c1ccc(-c2ccc3c4ccc(-c5nc(-c6ccccc6)nc(-c6ccc(-c7ccc8ccccc8c7)cc6)n5)cc4c4oc(-c5ccccc5)nc4c3c2)cc1. The van der Waals surface area contributed by atoms with E-state index in [1.54, 1.807) is 0 Å². The average Bonchev–Trinajstić information content (AvgIpc) is 3.76. The highest BCUT2D eigenvalue weighted by Crippen LogP contribution is 2.40. The number of hydrogen-bond acceptors (Lipinski definition) is 5. The molecule has 0 amide bonds. The van der Waals surface area contributed by atoms with Crippen LogP contribution in [0.2, 0.25) is 0 Å². The summed E-state index contributed by atoms with van der Waals surface area (Å²) in [5.41, 5.74) is 9.72. The molecule has 266 valence electrons. The first-order chi connectivity index (χ1) is 28.2. The lowest BCUT2D eigenvalue weighted by molar-refractivity contribution is 0.623. The van der Waals surface area contributed by atoms with E-state index in [0.717, 1.165) is 77.2 Å². The van der Waals surface area contributed by atoms with Gasteiger partial charge in [-0.05, 0) is 74.1 Å². The van der Waals surface area contributed by atoms with Crippen LogP contribution < -0.4 is 0 Å². The van der Waals surface area contributed by atoms with Crippen molar-refractivity contribution in [1.82, 2.24) is 19.9 Å². The lowest BCUT2D eigenvalue weighted by Gasteiger charge is -2.11. The van der Waals surface area contributed by atoms with Crippen molar-refractivity contribution in [2.45, 2.75) is 0 Å². The molecule has 0 aliphatic rings. The predicted molar refractivity (Wildman–Crippen MR) is 233 cm³/mol. The number of fused-ring (bicyclic) bond motifs is 7. The van der Waals surface area contributed by atoms with Crippen LogP contribution in [0.5, 0.6) is 0 Å². The highest BCUT2D eigenvalue weighted by Gasteiger charge is 2.19. The Balaban J connectivity index is 1.07. The summed E-state index contributed by atoms with van der Waals surface area (Å²) in [7, 11) is 0. The molecule has 0 radical (unpaired) electrons. The van der Waals surface area contributed by atoms with Gasteiger partial charge in [0.2, 0.25) is 5.89 Å². The Morgan fingerprint density at radius 3 is 1.44 bits per heavy atom. The quantitative estimate of drug-likeness (QED) is 0.160. The van der Waals surface area contributed by atoms with Crippen molar-refractivity contribution in [2.75, 3.05) is 0 Å². The molecule has 11 rings (SSSR count). The largest absolute Gasteiger partial charge is 0.435 e. The van der Waals surface area contributed by atoms with E-state index in [0.29, 0.717) is 23.4 Å². The van der Waals surface area contributed by atoms with Gasteiger partial charge in [-0.1, -0.05) is 164 Å². The minimum atomic E-state index is 0.579. The second kappa shape index (κ2) is 13.5. The van der Waals surface area contributed by atoms with Crippen LogP contribution in [0.25, 0.3) is 111 Å². The van der Waals surface area contributed by atoms with E-state index in [2.05, 4.69) is 127 Å². The summed E-state index contributed by atoms with van der Waals surface area (Å²) in [6, 6.07) is 67.1. The summed E-state index contributed by atoms with van der Waals surface area (Å²) in [5, 5.41) is 6.60. The minimum absolute atomic E-state index is 0.579. The van der Waals surface area contributed by atoms with Crippen LogP contribution in [-0.4, -0.2) is 19.9 Å². The maximum Gasteiger partial charge on any atom is 0.227 e. The summed E-state index contributed by atoms with van der Waals surface area (Å²) in [5.74, 6) is 2.37. The van der Waals surface area contributed by atoms with Crippen LogP contribution in [0.15, 0.2) is 199 Å². The van der Waals surface area contributed by atoms with Crippen molar-refractivity contribution in [2.24, 2.45) is 0 Å². The smallest absolute Gasteiger partial charge is 0.227 e. The van der Waals surface area contributed by atoms with Crippen LogP contribution in [0.1, 0.15) is 0 Å². The van der Waals surface area contributed by atoms with Crippen LogP contribution in [0, 0.1) is 0 Å². The van der Waals surface area contributed by atoms with E-state index >= 15 is 0 Å². The Kier molecular flexibility index (Phi) is 7.74. The number of hydrogen-bond donors (Lipinski definition) is 0. The van der Waals surface area contributed by atoms with Gasteiger partial charge in [-0.25, -0.2) is 19.9 Å². The molecule has 57 heavy (non-hydrogen) atoms. The summed E-state index contributed by atoms with van der Waals surface area (Å²) >= 11 is 0. The molecule has 11 aromatic rings. The van der Waals surface area contributed by atoms with Crippen LogP contribution in [0.4, 0.5) is 0 Å². The maximum absolute atomic E-state index is 6.71. The lowest BCUT2D eigenvalue weighted by Crippen LogP contribution is -2.00. The van der Waals surface area contributed by atoms with Gasteiger partial charge >= 0.3 is 0 Å². The number of aromatic nitrogens is 4. The van der Waals surface area contributed by atoms with Gasteiger partial charge in [0.25, 0.3) is 0 Å². The van der Waals surface area contributed by atoms with Crippen molar-refractivity contribution < 1.29 is 4.42 Å². The predicted octanol–water partition coefficient (Wildman–Crippen LogP) is 13.5. The fraction of sp³-hybridized carbons (Fsp3) is 0. The number of nitrogens with zero attached hydrogens (tertiary/aromatic N) is 4. The molecule has 0 N–H and O–H groups in total. The molecule has 0 saturated heterocycles. The molecule has 0 unspecified atom stereocenters. The molecular weight excluding hydrogens is 697 g/mol. The van der Waals surface area contributed by atoms with Crippen LogP contribution in [0.3, 0.4) is 0 Å². The molecule has 0 spiro atoms. The Bertz CT molecular complexity index is 3270. The van der Waals surface area contributed by atoms with Crippen molar-refractivity contribution in [1.29, 1.82) is 0 Å². The van der Waals surface area contributed by atoms with E-state index in [4.69, 9.17) is 24.4 Å². The van der Waals surface area contributed by atoms with Crippen LogP contribution in [-0.2, 0) is 0 Å². The fourth-order valence-corrected chi connectivity index (χ4v) is 7.81. The van der Waals surface area contributed by atoms with E-state index in [9.17, 15) is 0 Å². The maximum atomic E-state index is 6.71. The molecule has 5 nitrogen and oxygen atoms in total. The molecule has 9 aromatic carbocycles. The third-order valence-electron chi connectivity index (χ3n) is 10.7. The molecule has 0 bridgehead atoms. The normalized spacial score (nSPS) is 11.5.